The quantitative estimate of drug-likeness (QED) is 0.220. The fourth-order valence-corrected chi connectivity index (χ4v) is 6.91. The first-order valence-corrected chi connectivity index (χ1v) is 12.2. The van der Waals surface area contributed by atoms with Crippen molar-refractivity contribution >= 4 is 45.4 Å². The van der Waals surface area contributed by atoms with E-state index >= 15 is 0 Å². The average molecular weight is 486 g/mol. The SMILES string of the molecule is COC(N)[C@H](F)C[n+]1cn2cc(C3=C(C(=O)O)N4C(=O)[C@H]([C@@H](C)O)[C@H]4[C@H]3C)sc2c1SC. The molecular formula is C20H26FN4O5S2+. The highest BCUT2D eigenvalue weighted by atomic mass is 32.2. The second-order valence-electron chi connectivity index (χ2n) is 8.12. The summed E-state index contributed by atoms with van der Waals surface area (Å²) in [5.41, 5.74) is 6.19. The number of thiazole rings is 1. The molecule has 1 amide bonds. The van der Waals surface area contributed by atoms with Gasteiger partial charge in [0, 0.05) is 18.6 Å². The molecule has 1 saturated heterocycles. The molecule has 1 unspecified atom stereocenters. The van der Waals surface area contributed by atoms with Crippen LogP contribution in [0.2, 0.25) is 0 Å². The Morgan fingerprint density at radius 2 is 2.19 bits per heavy atom. The van der Waals surface area contributed by atoms with E-state index in [0.29, 0.717) is 5.57 Å². The number of ether oxygens (including phenoxy) is 1. The topological polar surface area (TPSA) is 121 Å². The molecule has 0 aliphatic carbocycles. The van der Waals surface area contributed by atoms with Crippen LogP contribution in [-0.4, -0.2) is 69.3 Å². The number of hydrogen-bond acceptors (Lipinski definition) is 7. The molecule has 2 aliphatic heterocycles. The number of methoxy groups -OCH3 is 1. The molecule has 0 spiro atoms. The van der Waals surface area contributed by atoms with Gasteiger partial charge in [-0.25, -0.2) is 13.8 Å². The summed E-state index contributed by atoms with van der Waals surface area (Å²) in [5, 5.41) is 20.7. The van der Waals surface area contributed by atoms with Crippen LogP contribution in [0.15, 0.2) is 23.2 Å². The highest BCUT2D eigenvalue weighted by Gasteiger charge is 2.60. The van der Waals surface area contributed by atoms with Crippen LogP contribution in [0.5, 0.6) is 0 Å². The molecule has 2 aliphatic rings. The fourth-order valence-electron chi connectivity index (χ4n) is 4.73. The maximum absolute atomic E-state index is 14.4. The van der Waals surface area contributed by atoms with Gasteiger partial charge in [-0.2, -0.15) is 4.40 Å². The van der Waals surface area contributed by atoms with E-state index in [1.54, 1.807) is 17.8 Å². The highest BCUT2D eigenvalue weighted by molar-refractivity contribution is 7.98. The molecule has 0 saturated carbocycles. The molecule has 6 atom stereocenters. The molecule has 1 fully saturated rings. The summed E-state index contributed by atoms with van der Waals surface area (Å²) in [4.78, 5) is 27.5. The van der Waals surface area contributed by atoms with Crippen LogP contribution < -0.4 is 10.3 Å². The zero-order valence-corrected chi connectivity index (χ0v) is 19.7. The van der Waals surface area contributed by atoms with E-state index in [2.05, 4.69) is 0 Å². The maximum Gasteiger partial charge on any atom is 0.352 e. The molecule has 174 valence electrons. The van der Waals surface area contributed by atoms with Crippen LogP contribution in [-0.2, 0) is 20.9 Å². The van der Waals surface area contributed by atoms with Crippen molar-refractivity contribution < 1.29 is 33.5 Å². The number of halogens is 1. The van der Waals surface area contributed by atoms with Gasteiger partial charge < -0.3 is 25.6 Å². The number of rotatable bonds is 8. The zero-order valence-electron chi connectivity index (χ0n) is 18.1. The van der Waals surface area contributed by atoms with E-state index < -0.39 is 30.4 Å². The summed E-state index contributed by atoms with van der Waals surface area (Å²) >= 11 is 2.84. The van der Waals surface area contributed by atoms with Gasteiger partial charge in [0.05, 0.1) is 22.9 Å². The highest BCUT2D eigenvalue weighted by Crippen LogP contribution is 2.51. The molecule has 0 bridgehead atoms. The first-order chi connectivity index (χ1) is 15.1. The lowest BCUT2D eigenvalue weighted by molar-refractivity contribution is -0.735. The number of nitrogens with two attached hydrogens (primary N) is 1. The number of alkyl halides is 1. The van der Waals surface area contributed by atoms with Crippen LogP contribution in [0.1, 0.15) is 18.7 Å². The van der Waals surface area contributed by atoms with Gasteiger partial charge in [0.1, 0.15) is 24.7 Å². The Morgan fingerprint density at radius 1 is 1.50 bits per heavy atom. The summed E-state index contributed by atoms with van der Waals surface area (Å²) in [5.74, 6) is -2.39. The molecule has 9 nitrogen and oxygen atoms in total. The minimum Gasteiger partial charge on any atom is -0.477 e. The Labute approximate surface area is 192 Å². The minimum absolute atomic E-state index is 0.0226. The smallest absolute Gasteiger partial charge is 0.352 e. The number of amides is 1. The van der Waals surface area contributed by atoms with Crippen molar-refractivity contribution in [2.75, 3.05) is 13.4 Å². The molecule has 2 aromatic rings. The predicted octanol–water partition coefficient (Wildman–Crippen LogP) is 0.933. The van der Waals surface area contributed by atoms with Gasteiger partial charge in [-0.05, 0) is 13.2 Å². The van der Waals surface area contributed by atoms with Gasteiger partial charge in [0.2, 0.25) is 15.8 Å². The molecule has 12 heteroatoms. The number of carbonyl (C=O) groups excluding carboxylic acids is 1. The summed E-state index contributed by atoms with van der Waals surface area (Å²) in [6, 6.07) is -0.377. The fraction of sp³-hybridized carbons (Fsp3) is 0.550. The van der Waals surface area contributed by atoms with Gasteiger partial charge >= 0.3 is 5.97 Å². The van der Waals surface area contributed by atoms with Crippen molar-refractivity contribution in [2.24, 2.45) is 17.6 Å². The van der Waals surface area contributed by atoms with Gasteiger partial charge in [-0.15, -0.1) is 0 Å². The second-order valence-corrected chi connectivity index (χ2v) is 9.95. The third kappa shape index (κ3) is 3.36. The number of imidazole rings is 1. The number of aromatic nitrogens is 2. The lowest BCUT2D eigenvalue weighted by atomic mass is 9.77. The minimum atomic E-state index is -1.39. The number of carbonyl (C=O) groups is 2. The first-order valence-electron chi connectivity index (χ1n) is 10.1. The molecule has 4 N–H and O–H groups in total. The first kappa shape index (κ1) is 23.2. The van der Waals surface area contributed by atoms with E-state index in [1.165, 1.54) is 35.1 Å². The average Bonchev–Trinajstić information content (AvgIpc) is 3.34. The van der Waals surface area contributed by atoms with Crippen LogP contribution in [0, 0.1) is 11.8 Å². The monoisotopic (exact) mass is 485 g/mol. The molecular weight excluding hydrogens is 459 g/mol. The van der Waals surface area contributed by atoms with Crippen LogP contribution in [0.25, 0.3) is 10.4 Å². The van der Waals surface area contributed by atoms with Gasteiger partial charge in [-0.1, -0.05) is 30.0 Å². The normalized spacial score (nSPS) is 25.8. The largest absolute Gasteiger partial charge is 0.477 e. The summed E-state index contributed by atoms with van der Waals surface area (Å²) in [6.45, 7) is 3.46. The van der Waals surface area contributed by atoms with Crippen LogP contribution >= 0.6 is 23.1 Å². The number of carboxylic acids is 1. The number of β-lactam (4-membered cyclic amide) rings is 1. The third-order valence-electron chi connectivity index (χ3n) is 6.24. The Morgan fingerprint density at radius 3 is 2.75 bits per heavy atom. The number of aliphatic carboxylic acids is 1. The predicted molar refractivity (Wildman–Crippen MR) is 117 cm³/mol. The van der Waals surface area contributed by atoms with Gasteiger partial charge in [0.15, 0.2) is 6.17 Å². The Kier molecular flexibility index (Phi) is 6.09. The van der Waals surface area contributed by atoms with E-state index in [9.17, 15) is 24.2 Å². The van der Waals surface area contributed by atoms with E-state index in [1.807, 2.05) is 23.8 Å². The molecule has 4 rings (SSSR count). The molecule has 2 aromatic heterocycles. The molecule has 4 heterocycles. The van der Waals surface area contributed by atoms with Crippen molar-refractivity contribution in [3.05, 3.63) is 23.1 Å². The number of hydrogen-bond donors (Lipinski definition) is 3. The zero-order chi connectivity index (χ0) is 23.5. The number of carboxylic acid groups (broad SMARTS) is 1. The number of aliphatic hydroxyl groups excluding tert-OH is 1. The summed E-state index contributed by atoms with van der Waals surface area (Å²) in [7, 11) is 1.36. The molecule has 0 aromatic carbocycles. The third-order valence-corrected chi connectivity index (χ3v) is 8.32. The van der Waals surface area contributed by atoms with E-state index in [0.717, 1.165) is 14.7 Å². The van der Waals surface area contributed by atoms with E-state index in [-0.39, 0.29) is 30.1 Å². The second kappa shape index (κ2) is 8.41. The van der Waals surface area contributed by atoms with Gasteiger partial charge in [0.25, 0.3) is 6.33 Å². The molecule has 32 heavy (non-hydrogen) atoms. The Balaban J connectivity index is 1.75. The van der Waals surface area contributed by atoms with Crippen molar-refractivity contribution in [2.45, 2.75) is 50.0 Å². The molecule has 0 radical (unpaired) electrons. The van der Waals surface area contributed by atoms with E-state index in [4.69, 9.17) is 10.5 Å². The lowest BCUT2D eigenvalue weighted by Gasteiger charge is -2.46. The maximum atomic E-state index is 14.4. The lowest BCUT2D eigenvalue weighted by Crippen LogP contribution is -2.63. The number of fused-ring (bicyclic) bond motifs is 2. The van der Waals surface area contributed by atoms with Crippen LogP contribution in [0.3, 0.4) is 0 Å². The number of thioether (sulfide) groups is 1. The Hall–Kier alpha value is -1.99. The summed E-state index contributed by atoms with van der Waals surface area (Å²) < 4.78 is 22.8. The van der Waals surface area contributed by atoms with Crippen LogP contribution in [0.4, 0.5) is 4.39 Å². The van der Waals surface area contributed by atoms with Crippen molar-refractivity contribution in [3.63, 3.8) is 0 Å². The van der Waals surface area contributed by atoms with Crippen molar-refractivity contribution in [1.82, 2.24) is 9.30 Å². The van der Waals surface area contributed by atoms with Crippen molar-refractivity contribution in [1.29, 1.82) is 0 Å². The van der Waals surface area contributed by atoms with Gasteiger partial charge in [-0.3, -0.25) is 4.79 Å². The summed E-state index contributed by atoms with van der Waals surface area (Å²) in [6.07, 6.45) is 2.16. The number of nitrogens with zero attached hydrogens (tertiary/aromatic N) is 3. The number of aliphatic hydroxyl groups is 1. The van der Waals surface area contributed by atoms with Crippen molar-refractivity contribution in [3.8, 4) is 0 Å². The standard InChI is InChI=1S/C20H25FN4O5S2/c1-8-12(15(20(28)29)25-14(8)13(9(2)26)17(25)27)11-6-24-7-23(5-10(21)16(22)30-3)18(31-4)19(24)32-11/h6-10,13-14,16,26H,5,22H2,1-4H3/p+1/t8-,9+,10+,13+,14+,16?/m0/s1. The Bertz CT molecular complexity index is 1110.